The van der Waals surface area contributed by atoms with Gasteiger partial charge in [0.25, 0.3) is 0 Å². The quantitative estimate of drug-likeness (QED) is 0.494. The van der Waals surface area contributed by atoms with E-state index in [1.807, 2.05) is 36.4 Å². The number of ether oxygens (including phenoxy) is 1. The molecule has 2 aromatic rings. The fraction of sp³-hybridized carbons (Fsp3) is 0.158. The Morgan fingerprint density at radius 3 is 2.50 bits per heavy atom. The molecule has 3 heteroatoms. The Bertz CT molecular complexity index is 718. The van der Waals surface area contributed by atoms with Crippen molar-refractivity contribution in [1.29, 1.82) is 0 Å². The van der Waals surface area contributed by atoms with Gasteiger partial charge in [-0.2, -0.15) is 0 Å². The zero-order chi connectivity index (χ0) is 15.8. The molecule has 110 valence electrons. The normalized spacial score (nSPS) is 9.50. The molecular formula is C19H16O3. The second-order valence-electron chi connectivity index (χ2n) is 4.77. The van der Waals surface area contributed by atoms with E-state index in [-0.39, 0.29) is 5.97 Å². The van der Waals surface area contributed by atoms with E-state index in [0.29, 0.717) is 18.4 Å². The van der Waals surface area contributed by atoms with Crippen LogP contribution in [0.4, 0.5) is 0 Å². The number of carbonyl (C=O) groups is 2. The van der Waals surface area contributed by atoms with E-state index in [1.165, 1.54) is 7.11 Å². The highest BCUT2D eigenvalue weighted by Gasteiger charge is 2.01. The van der Waals surface area contributed by atoms with Crippen molar-refractivity contribution in [3.05, 3.63) is 70.8 Å². The second-order valence-corrected chi connectivity index (χ2v) is 4.77. The third-order valence-corrected chi connectivity index (χ3v) is 3.17. The molecule has 0 aromatic heterocycles. The van der Waals surface area contributed by atoms with Gasteiger partial charge in [-0.25, -0.2) is 0 Å². The molecule has 2 rings (SSSR count). The molecule has 0 saturated heterocycles. The Kier molecular flexibility index (Phi) is 5.50. The first-order valence-electron chi connectivity index (χ1n) is 6.94. The zero-order valence-corrected chi connectivity index (χ0v) is 12.3. The van der Waals surface area contributed by atoms with Gasteiger partial charge in [-0.3, -0.25) is 9.59 Å². The topological polar surface area (TPSA) is 43.4 Å². The molecule has 0 N–H and O–H groups in total. The standard InChI is InChI=1S/C19H16O3/c1-22-19(21)12-11-16-7-5-15(6-8-16)9-10-17-3-2-4-18(13-17)14-20/h2-8,13-14H,11-12H2,1H3. The highest BCUT2D eigenvalue weighted by molar-refractivity contribution is 5.75. The third-order valence-electron chi connectivity index (χ3n) is 3.17. The minimum atomic E-state index is -0.209. The summed E-state index contributed by atoms with van der Waals surface area (Å²) in [5, 5.41) is 0. The fourth-order valence-corrected chi connectivity index (χ4v) is 1.94. The number of rotatable bonds is 4. The van der Waals surface area contributed by atoms with Crippen LogP contribution in [0.1, 0.15) is 33.5 Å². The van der Waals surface area contributed by atoms with E-state index < -0.39 is 0 Å². The summed E-state index contributed by atoms with van der Waals surface area (Å²) in [5.74, 6) is 5.88. The van der Waals surface area contributed by atoms with Crippen LogP contribution in [0.3, 0.4) is 0 Å². The van der Waals surface area contributed by atoms with Crippen molar-refractivity contribution in [2.75, 3.05) is 7.11 Å². The van der Waals surface area contributed by atoms with Crippen LogP contribution >= 0.6 is 0 Å². The molecule has 0 atom stereocenters. The van der Waals surface area contributed by atoms with Gasteiger partial charge in [0.2, 0.25) is 0 Å². The van der Waals surface area contributed by atoms with Crippen molar-refractivity contribution >= 4 is 12.3 Å². The van der Waals surface area contributed by atoms with Crippen molar-refractivity contribution in [1.82, 2.24) is 0 Å². The summed E-state index contributed by atoms with van der Waals surface area (Å²) < 4.78 is 4.62. The highest BCUT2D eigenvalue weighted by atomic mass is 16.5. The third kappa shape index (κ3) is 4.60. The molecule has 0 saturated carbocycles. The lowest BCUT2D eigenvalue weighted by Crippen LogP contribution is -2.01. The number of hydrogen-bond donors (Lipinski definition) is 0. The van der Waals surface area contributed by atoms with Gasteiger partial charge in [-0.15, -0.1) is 0 Å². The van der Waals surface area contributed by atoms with E-state index in [0.717, 1.165) is 23.0 Å². The predicted molar refractivity (Wildman–Crippen MR) is 84.6 cm³/mol. The Hall–Kier alpha value is -2.86. The first kappa shape index (κ1) is 15.5. The maximum absolute atomic E-state index is 11.1. The minimum Gasteiger partial charge on any atom is -0.469 e. The van der Waals surface area contributed by atoms with Gasteiger partial charge >= 0.3 is 5.97 Å². The average Bonchev–Trinajstić information content (AvgIpc) is 2.58. The molecule has 3 nitrogen and oxygen atoms in total. The van der Waals surface area contributed by atoms with Gasteiger partial charge in [0, 0.05) is 23.1 Å². The van der Waals surface area contributed by atoms with Crippen LogP contribution in [0.25, 0.3) is 0 Å². The highest BCUT2D eigenvalue weighted by Crippen LogP contribution is 2.07. The van der Waals surface area contributed by atoms with Crippen molar-refractivity contribution in [3.63, 3.8) is 0 Å². The van der Waals surface area contributed by atoms with Gasteiger partial charge < -0.3 is 4.74 Å². The van der Waals surface area contributed by atoms with Gasteiger partial charge in [0.05, 0.1) is 7.11 Å². The summed E-state index contributed by atoms with van der Waals surface area (Å²) in [6, 6.07) is 14.9. The van der Waals surface area contributed by atoms with Crippen LogP contribution < -0.4 is 0 Å². The van der Waals surface area contributed by atoms with Gasteiger partial charge in [-0.05, 0) is 36.2 Å². The summed E-state index contributed by atoms with van der Waals surface area (Å²) >= 11 is 0. The maximum Gasteiger partial charge on any atom is 0.305 e. The molecule has 22 heavy (non-hydrogen) atoms. The fourth-order valence-electron chi connectivity index (χ4n) is 1.94. The SMILES string of the molecule is COC(=O)CCc1ccc(C#Cc2cccc(C=O)c2)cc1. The largest absolute Gasteiger partial charge is 0.469 e. The van der Waals surface area contributed by atoms with Crippen LogP contribution in [0, 0.1) is 11.8 Å². The van der Waals surface area contributed by atoms with Crippen LogP contribution in [0.2, 0.25) is 0 Å². The van der Waals surface area contributed by atoms with Crippen molar-refractivity contribution in [3.8, 4) is 11.8 Å². The number of methoxy groups -OCH3 is 1. The summed E-state index contributed by atoms with van der Waals surface area (Å²) in [6.07, 6.45) is 1.84. The number of benzene rings is 2. The number of carbonyl (C=O) groups excluding carboxylic acids is 2. The number of aryl methyl sites for hydroxylation is 1. The van der Waals surface area contributed by atoms with Crippen LogP contribution in [0.5, 0.6) is 0 Å². The molecule has 0 amide bonds. The van der Waals surface area contributed by atoms with Gasteiger partial charge in [0.15, 0.2) is 0 Å². The number of esters is 1. The van der Waals surface area contributed by atoms with Crippen molar-refractivity contribution < 1.29 is 14.3 Å². The Morgan fingerprint density at radius 2 is 1.82 bits per heavy atom. The Balaban J connectivity index is 2.03. The number of hydrogen-bond acceptors (Lipinski definition) is 3. The van der Waals surface area contributed by atoms with E-state index >= 15 is 0 Å². The summed E-state index contributed by atoms with van der Waals surface area (Å²) in [5.41, 5.74) is 3.38. The molecule has 0 unspecified atom stereocenters. The summed E-state index contributed by atoms with van der Waals surface area (Å²) in [7, 11) is 1.39. The van der Waals surface area contributed by atoms with Crippen LogP contribution in [-0.2, 0) is 16.0 Å². The first-order valence-corrected chi connectivity index (χ1v) is 6.94. The van der Waals surface area contributed by atoms with Gasteiger partial charge in [0.1, 0.15) is 6.29 Å². The predicted octanol–water partition coefficient (Wildman–Crippen LogP) is 3.00. The van der Waals surface area contributed by atoms with E-state index in [4.69, 9.17) is 0 Å². The Labute approximate surface area is 129 Å². The molecule has 0 bridgehead atoms. The monoisotopic (exact) mass is 292 g/mol. The molecule has 0 radical (unpaired) electrons. The molecule has 0 spiro atoms. The van der Waals surface area contributed by atoms with Crippen molar-refractivity contribution in [2.45, 2.75) is 12.8 Å². The summed E-state index contributed by atoms with van der Waals surface area (Å²) in [6.45, 7) is 0. The van der Waals surface area contributed by atoms with Crippen LogP contribution in [0.15, 0.2) is 48.5 Å². The first-order chi connectivity index (χ1) is 10.7. The van der Waals surface area contributed by atoms with E-state index in [9.17, 15) is 9.59 Å². The van der Waals surface area contributed by atoms with Gasteiger partial charge in [-0.1, -0.05) is 36.1 Å². The molecule has 0 aliphatic carbocycles. The maximum atomic E-state index is 11.1. The molecule has 0 aliphatic rings. The smallest absolute Gasteiger partial charge is 0.305 e. The molecule has 0 aliphatic heterocycles. The van der Waals surface area contributed by atoms with E-state index in [2.05, 4.69) is 16.6 Å². The molecular weight excluding hydrogens is 276 g/mol. The Morgan fingerprint density at radius 1 is 1.09 bits per heavy atom. The summed E-state index contributed by atoms with van der Waals surface area (Å²) in [4.78, 5) is 21.8. The molecule has 0 fully saturated rings. The number of aldehydes is 1. The average molecular weight is 292 g/mol. The van der Waals surface area contributed by atoms with Crippen molar-refractivity contribution in [2.24, 2.45) is 0 Å². The molecule has 0 heterocycles. The lowest BCUT2D eigenvalue weighted by molar-refractivity contribution is -0.140. The lowest BCUT2D eigenvalue weighted by atomic mass is 10.1. The zero-order valence-electron chi connectivity index (χ0n) is 12.3. The molecule has 2 aromatic carbocycles. The lowest BCUT2D eigenvalue weighted by Gasteiger charge is -2.00. The second kappa shape index (κ2) is 7.80. The van der Waals surface area contributed by atoms with Crippen LogP contribution in [-0.4, -0.2) is 19.4 Å². The van der Waals surface area contributed by atoms with E-state index in [1.54, 1.807) is 12.1 Å². The minimum absolute atomic E-state index is 0.209.